The van der Waals surface area contributed by atoms with E-state index in [0.717, 1.165) is 11.1 Å². The van der Waals surface area contributed by atoms with Crippen molar-refractivity contribution in [1.82, 2.24) is 4.90 Å². The number of anilines is 1. The zero-order chi connectivity index (χ0) is 23.7. The summed E-state index contributed by atoms with van der Waals surface area (Å²) >= 11 is 6.29. The van der Waals surface area contributed by atoms with Crippen LogP contribution in [0.1, 0.15) is 27.5 Å². The monoisotopic (exact) mass is 470 g/mol. The van der Waals surface area contributed by atoms with E-state index in [0.29, 0.717) is 27.4 Å². The largest absolute Gasteiger partial charge is 0.324 e. The lowest BCUT2D eigenvalue weighted by Gasteiger charge is -2.31. The number of hydrogen-bond acceptors (Lipinski definition) is 2. The highest BCUT2D eigenvalue weighted by molar-refractivity contribution is 6.30. The number of carbonyl (C=O) groups is 2. The summed E-state index contributed by atoms with van der Waals surface area (Å²) in [6, 6.07) is 27.6. The van der Waals surface area contributed by atoms with Gasteiger partial charge in [-0.3, -0.25) is 9.59 Å². The first-order valence-corrected chi connectivity index (χ1v) is 11.2. The first-order chi connectivity index (χ1) is 16.5. The van der Waals surface area contributed by atoms with E-state index in [1.165, 1.54) is 17.0 Å². The number of benzene rings is 4. The molecular formula is C28H20ClFN2O2. The fourth-order valence-corrected chi connectivity index (χ4v) is 4.45. The summed E-state index contributed by atoms with van der Waals surface area (Å²) in [6.45, 7) is -0.159. The van der Waals surface area contributed by atoms with E-state index in [1.54, 1.807) is 42.5 Å². The van der Waals surface area contributed by atoms with E-state index < -0.39 is 6.04 Å². The third-order valence-corrected chi connectivity index (χ3v) is 6.13. The number of fused-ring (bicyclic) bond motifs is 1. The zero-order valence-electron chi connectivity index (χ0n) is 18.0. The fourth-order valence-electron chi connectivity index (χ4n) is 4.27. The summed E-state index contributed by atoms with van der Waals surface area (Å²) in [7, 11) is 0. The summed E-state index contributed by atoms with van der Waals surface area (Å²) in [5.74, 6) is -1.01. The van der Waals surface area contributed by atoms with Crippen molar-refractivity contribution in [3.63, 3.8) is 0 Å². The summed E-state index contributed by atoms with van der Waals surface area (Å²) in [6.07, 6.45) is 0. The van der Waals surface area contributed by atoms with Crippen molar-refractivity contribution >= 4 is 29.1 Å². The van der Waals surface area contributed by atoms with Crippen LogP contribution in [0.15, 0.2) is 97.1 Å². The van der Waals surface area contributed by atoms with Gasteiger partial charge in [0, 0.05) is 21.8 Å². The van der Waals surface area contributed by atoms with Crippen LogP contribution in [0.4, 0.5) is 10.1 Å². The first kappa shape index (κ1) is 21.9. The molecule has 0 aromatic heterocycles. The van der Waals surface area contributed by atoms with Gasteiger partial charge in [-0.1, -0.05) is 66.2 Å². The van der Waals surface area contributed by atoms with Crippen LogP contribution in [0.25, 0.3) is 11.1 Å². The molecule has 1 aliphatic heterocycles. The number of nitrogens with zero attached hydrogens (tertiary/aromatic N) is 1. The molecule has 0 saturated carbocycles. The Morgan fingerprint density at radius 1 is 0.882 bits per heavy atom. The Labute approximate surface area is 201 Å². The van der Waals surface area contributed by atoms with Gasteiger partial charge in [-0.15, -0.1) is 0 Å². The molecule has 4 aromatic carbocycles. The van der Waals surface area contributed by atoms with Crippen LogP contribution in [0, 0.1) is 5.82 Å². The molecule has 4 aromatic rings. The molecule has 1 heterocycles. The Morgan fingerprint density at radius 3 is 2.26 bits per heavy atom. The van der Waals surface area contributed by atoms with E-state index in [4.69, 9.17) is 11.6 Å². The summed E-state index contributed by atoms with van der Waals surface area (Å²) in [5.41, 5.74) is 4.39. The Hall–Kier alpha value is -3.96. The summed E-state index contributed by atoms with van der Waals surface area (Å²) < 4.78 is 13.7. The topological polar surface area (TPSA) is 49.4 Å². The third kappa shape index (κ3) is 4.30. The highest BCUT2D eigenvalue weighted by Gasteiger charge is 2.34. The van der Waals surface area contributed by atoms with Crippen molar-refractivity contribution < 1.29 is 14.0 Å². The third-order valence-electron chi connectivity index (χ3n) is 5.89. The Kier molecular flexibility index (Phi) is 5.86. The number of nitrogens with one attached hydrogen (secondary N) is 1. The van der Waals surface area contributed by atoms with Crippen LogP contribution in [0.2, 0.25) is 5.02 Å². The minimum Gasteiger partial charge on any atom is -0.324 e. The van der Waals surface area contributed by atoms with Gasteiger partial charge in [0.15, 0.2) is 0 Å². The highest BCUT2D eigenvalue weighted by atomic mass is 35.5. The van der Waals surface area contributed by atoms with Crippen LogP contribution in [-0.4, -0.2) is 23.3 Å². The van der Waals surface area contributed by atoms with Gasteiger partial charge in [-0.25, -0.2) is 4.39 Å². The molecule has 0 aliphatic carbocycles. The molecule has 2 amide bonds. The Balaban J connectivity index is 1.58. The van der Waals surface area contributed by atoms with Gasteiger partial charge in [-0.05, 0) is 59.2 Å². The smallest absolute Gasteiger partial charge is 0.255 e. The second-order valence-corrected chi connectivity index (χ2v) is 8.55. The van der Waals surface area contributed by atoms with E-state index in [-0.39, 0.29) is 24.2 Å². The first-order valence-electron chi connectivity index (χ1n) is 10.8. The molecule has 6 heteroatoms. The van der Waals surface area contributed by atoms with Gasteiger partial charge in [0.05, 0.1) is 6.04 Å². The maximum atomic E-state index is 13.7. The van der Waals surface area contributed by atoms with Crippen LogP contribution in [0.3, 0.4) is 0 Å². The number of rotatable bonds is 3. The molecule has 1 aliphatic rings. The molecule has 34 heavy (non-hydrogen) atoms. The van der Waals surface area contributed by atoms with E-state index >= 15 is 0 Å². The standard InChI is InChI=1S/C28H20ClFN2O2/c29-22-12-15-25-24(16-22)27(20-10-13-23(30)14-11-20)32(17-26(33)31-25)28(34)21-8-6-19(7-9-21)18-4-2-1-3-5-18/h1-16,27H,17H2,(H,31,33). The lowest BCUT2D eigenvalue weighted by molar-refractivity contribution is -0.117. The summed E-state index contributed by atoms with van der Waals surface area (Å²) in [5, 5.41) is 3.34. The van der Waals surface area contributed by atoms with Crippen LogP contribution >= 0.6 is 11.6 Å². The number of halogens is 2. The van der Waals surface area contributed by atoms with Crippen molar-refractivity contribution in [2.24, 2.45) is 0 Å². The van der Waals surface area contributed by atoms with Gasteiger partial charge >= 0.3 is 0 Å². The SMILES string of the molecule is O=C1CN(C(=O)c2ccc(-c3ccccc3)cc2)C(c2ccc(F)cc2)c2cc(Cl)ccc2N1. The van der Waals surface area contributed by atoms with Gasteiger partial charge in [-0.2, -0.15) is 0 Å². The second-order valence-electron chi connectivity index (χ2n) is 8.11. The van der Waals surface area contributed by atoms with Crippen molar-refractivity contribution in [3.05, 3.63) is 125 Å². The molecule has 1 unspecified atom stereocenters. The van der Waals surface area contributed by atoms with E-state index in [2.05, 4.69) is 5.32 Å². The minimum atomic E-state index is -0.630. The molecule has 0 radical (unpaired) electrons. The van der Waals surface area contributed by atoms with Gasteiger partial charge in [0.1, 0.15) is 12.4 Å². The lowest BCUT2D eigenvalue weighted by Crippen LogP contribution is -2.39. The van der Waals surface area contributed by atoms with Crippen molar-refractivity contribution in [3.8, 4) is 11.1 Å². The van der Waals surface area contributed by atoms with Gasteiger partial charge in [0.25, 0.3) is 5.91 Å². The van der Waals surface area contributed by atoms with Crippen LogP contribution in [-0.2, 0) is 4.79 Å². The van der Waals surface area contributed by atoms with E-state index in [1.807, 2.05) is 42.5 Å². The zero-order valence-corrected chi connectivity index (χ0v) is 18.8. The number of amides is 2. The fraction of sp³-hybridized carbons (Fsp3) is 0.0714. The lowest BCUT2D eigenvalue weighted by atomic mass is 9.95. The molecular weight excluding hydrogens is 451 g/mol. The number of hydrogen-bond donors (Lipinski definition) is 1. The normalized spacial score (nSPS) is 15.3. The predicted octanol–water partition coefficient (Wildman–Crippen LogP) is 6.33. The van der Waals surface area contributed by atoms with Crippen LogP contribution in [0.5, 0.6) is 0 Å². The quantitative estimate of drug-likeness (QED) is 0.380. The Morgan fingerprint density at radius 2 is 1.56 bits per heavy atom. The highest BCUT2D eigenvalue weighted by Crippen LogP contribution is 2.38. The molecule has 5 rings (SSSR count). The molecule has 1 N–H and O–H groups in total. The van der Waals surface area contributed by atoms with Crippen LogP contribution < -0.4 is 5.32 Å². The molecule has 0 bridgehead atoms. The molecule has 168 valence electrons. The Bertz CT molecular complexity index is 1360. The number of carbonyl (C=O) groups excluding carboxylic acids is 2. The molecule has 1 atom stereocenters. The van der Waals surface area contributed by atoms with Gasteiger partial charge < -0.3 is 10.2 Å². The maximum absolute atomic E-state index is 13.7. The van der Waals surface area contributed by atoms with Crippen molar-refractivity contribution in [2.45, 2.75) is 6.04 Å². The maximum Gasteiger partial charge on any atom is 0.255 e. The van der Waals surface area contributed by atoms with Gasteiger partial charge in [0.2, 0.25) is 5.91 Å². The second kappa shape index (κ2) is 9.12. The minimum absolute atomic E-state index is 0.159. The average Bonchev–Trinajstić information content (AvgIpc) is 3.00. The van der Waals surface area contributed by atoms with E-state index in [9.17, 15) is 14.0 Å². The molecule has 0 saturated heterocycles. The van der Waals surface area contributed by atoms with Crippen molar-refractivity contribution in [1.29, 1.82) is 0 Å². The predicted molar refractivity (Wildman–Crippen MR) is 131 cm³/mol. The summed E-state index contributed by atoms with van der Waals surface area (Å²) in [4.78, 5) is 28.0. The van der Waals surface area contributed by atoms with Crippen molar-refractivity contribution in [2.75, 3.05) is 11.9 Å². The molecule has 4 nitrogen and oxygen atoms in total. The molecule has 0 fully saturated rings. The molecule has 0 spiro atoms. The average molecular weight is 471 g/mol.